The van der Waals surface area contributed by atoms with Crippen molar-refractivity contribution in [1.29, 1.82) is 0 Å². The van der Waals surface area contributed by atoms with Crippen molar-refractivity contribution in [1.82, 2.24) is 0 Å². The molecule has 92 valence electrons. The van der Waals surface area contributed by atoms with Gasteiger partial charge in [-0.25, -0.2) is 0 Å². The maximum atomic E-state index is 6.52. The van der Waals surface area contributed by atoms with E-state index in [1.807, 2.05) is 0 Å². The van der Waals surface area contributed by atoms with E-state index >= 15 is 0 Å². The molecule has 1 spiro atoms. The summed E-state index contributed by atoms with van der Waals surface area (Å²) in [5.74, 6) is 1.01. The zero-order valence-electron chi connectivity index (χ0n) is 10.8. The van der Waals surface area contributed by atoms with Crippen LogP contribution in [-0.2, 0) is 12.0 Å². The molecule has 0 radical (unpaired) electrons. The van der Waals surface area contributed by atoms with Gasteiger partial charge in [-0.3, -0.25) is 0 Å². The number of benzene rings is 1. The van der Waals surface area contributed by atoms with Gasteiger partial charge in [0.15, 0.2) is 0 Å². The average molecular weight is 231 g/mol. The minimum Gasteiger partial charge on any atom is -0.487 e. The van der Waals surface area contributed by atoms with E-state index in [4.69, 9.17) is 10.5 Å². The average Bonchev–Trinajstić information content (AvgIpc) is 2.25. The SMILES string of the molecule is CCc1ccc2c(c1)C(C)(N)CC1(CCC1)O2. The fourth-order valence-electron chi connectivity index (χ4n) is 3.22. The van der Waals surface area contributed by atoms with E-state index in [-0.39, 0.29) is 11.1 Å². The highest BCUT2D eigenvalue weighted by molar-refractivity contribution is 5.44. The van der Waals surface area contributed by atoms with Crippen molar-refractivity contribution in [2.45, 2.75) is 57.1 Å². The summed E-state index contributed by atoms with van der Waals surface area (Å²) in [6, 6.07) is 6.49. The van der Waals surface area contributed by atoms with E-state index in [0.29, 0.717) is 0 Å². The van der Waals surface area contributed by atoms with Gasteiger partial charge in [-0.1, -0.05) is 19.1 Å². The molecule has 1 aromatic rings. The molecule has 1 aliphatic carbocycles. The maximum Gasteiger partial charge on any atom is 0.125 e. The summed E-state index contributed by atoms with van der Waals surface area (Å²) < 4.78 is 6.21. The Morgan fingerprint density at radius 1 is 1.35 bits per heavy atom. The molecule has 0 aromatic heterocycles. The summed E-state index contributed by atoms with van der Waals surface area (Å²) in [5, 5.41) is 0. The number of aryl methyl sites for hydroxylation is 1. The molecular formula is C15H21NO. The van der Waals surface area contributed by atoms with Crippen molar-refractivity contribution < 1.29 is 4.74 Å². The highest BCUT2D eigenvalue weighted by Crippen LogP contribution is 2.50. The van der Waals surface area contributed by atoms with Gasteiger partial charge in [0.25, 0.3) is 0 Å². The molecule has 0 bridgehead atoms. The molecule has 0 amide bonds. The molecule has 1 aliphatic heterocycles. The summed E-state index contributed by atoms with van der Waals surface area (Å²) in [6.45, 7) is 4.32. The second-order valence-corrected chi connectivity index (χ2v) is 5.92. The minimum absolute atomic E-state index is 0.0459. The molecule has 1 heterocycles. The second-order valence-electron chi connectivity index (χ2n) is 5.92. The van der Waals surface area contributed by atoms with Crippen LogP contribution >= 0.6 is 0 Å². The molecule has 2 N–H and O–H groups in total. The lowest BCUT2D eigenvalue weighted by Crippen LogP contribution is -2.54. The van der Waals surface area contributed by atoms with Gasteiger partial charge in [0.05, 0.1) is 0 Å². The van der Waals surface area contributed by atoms with Crippen LogP contribution in [0.3, 0.4) is 0 Å². The highest BCUT2D eigenvalue weighted by Gasteiger charge is 2.48. The Hall–Kier alpha value is -1.02. The number of nitrogens with two attached hydrogens (primary N) is 1. The monoisotopic (exact) mass is 231 g/mol. The van der Waals surface area contributed by atoms with Crippen molar-refractivity contribution in [3.63, 3.8) is 0 Å². The Labute approximate surface area is 103 Å². The Morgan fingerprint density at radius 2 is 2.12 bits per heavy atom. The van der Waals surface area contributed by atoms with E-state index in [2.05, 4.69) is 32.0 Å². The topological polar surface area (TPSA) is 35.2 Å². The quantitative estimate of drug-likeness (QED) is 0.806. The van der Waals surface area contributed by atoms with Crippen LogP contribution in [0.25, 0.3) is 0 Å². The van der Waals surface area contributed by atoms with E-state index in [1.165, 1.54) is 17.5 Å². The van der Waals surface area contributed by atoms with Crippen LogP contribution in [0, 0.1) is 0 Å². The third kappa shape index (κ3) is 1.66. The standard InChI is InChI=1S/C15H21NO/c1-3-11-5-6-13-12(9-11)14(2,16)10-15(17-13)7-4-8-15/h5-6,9H,3-4,7-8,10,16H2,1-2H3. The van der Waals surface area contributed by atoms with Crippen LogP contribution in [-0.4, -0.2) is 5.60 Å². The van der Waals surface area contributed by atoms with Gasteiger partial charge in [0.1, 0.15) is 11.4 Å². The zero-order chi connectivity index (χ0) is 12.1. The van der Waals surface area contributed by atoms with Gasteiger partial charge < -0.3 is 10.5 Å². The number of hydrogen-bond acceptors (Lipinski definition) is 2. The lowest BCUT2D eigenvalue weighted by atomic mass is 9.68. The van der Waals surface area contributed by atoms with Crippen LogP contribution in [0.1, 0.15) is 50.7 Å². The van der Waals surface area contributed by atoms with Crippen molar-refractivity contribution in [3.05, 3.63) is 29.3 Å². The molecule has 17 heavy (non-hydrogen) atoms. The molecule has 1 saturated carbocycles. The molecule has 1 atom stereocenters. The number of fused-ring (bicyclic) bond motifs is 1. The maximum absolute atomic E-state index is 6.52. The lowest BCUT2D eigenvalue weighted by Gasteiger charge is -2.50. The molecular weight excluding hydrogens is 210 g/mol. The van der Waals surface area contributed by atoms with Gasteiger partial charge in [0, 0.05) is 17.5 Å². The summed E-state index contributed by atoms with van der Waals surface area (Å²) in [5.41, 5.74) is 8.86. The summed E-state index contributed by atoms with van der Waals surface area (Å²) in [7, 11) is 0. The van der Waals surface area contributed by atoms with Gasteiger partial charge in [0.2, 0.25) is 0 Å². The van der Waals surface area contributed by atoms with Crippen LogP contribution < -0.4 is 10.5 Å². The van der Waals surface area contributed by atoms with Crippen molar-refractivity contribution in [3.8, 4) is 5.75 Å². The predicted molar refractivity (Wildman–Crippen MR) is 69.2 cm³/mol. The third-order valence-electron chi connectivity index (χ3n) is 4.35. The lowest BCUT2D eigenvalue weighted by molar-refractivity contribution is -0.0477. The van der Waals surface area contributed by atoms with E-state index in [0.717, 1.165) is 31.4 Å². The van der Waals surface area contributed by atoms with Gasteiger partial charge in [-0.05, 0) is 44.2 Å². The van der Waals surface area contributed by atoms with Crippen LogP contribution in [0.15, 0.2) is 18.2 Å². The molecule has 2 nitrogen and oxygen atoms in total. The molecule has 1 unspecified atom stereocenters. The fraction of sp³-hybridized carbons (Fsp3) is 0.600. The summed E-state index contributed by atoms with van der Waals surface area (Å²) in [4.78, 5) is 0. The Morgan fingerprint density at radius 3 is 2.71 bits per heavy atom. The molecule has 2 aliphatic rings. The van der Waals surface area contributed by atoms with Crippen LogP contribution in [0.4, 0.5) is 0 Å². The van der Waals surface area contributed by atoms with Crippen LogP contribution in [0.2, 0.25) is 0 Å². The highest BCUT2D eigenvalue weighted by atomic mass is 16.5. The Balaban J connectivity index is 2.05. The van der Waals surface area contributed by atoms with Crippen molar-refractivity contribution in [2.24, 2.45) is 5.73 Å². The first-order valence-electron chi connectivity index (χ1n) is 6.66. The summed E-state index contributed by atoms with van der Waals surface area (Å²) in [6.07, 6.45) is 5.61. The van der Waals surface area contributed by atoms with E-state index in [9.17, 15) is 0 Å². The van der Waals surface area contributed by atoms with Crippen LogP contribution in [0.5, 0.6) is 5.75 Å². The van der Waals surface area contributed by atoms with Gasteiger partial charge >= 0.3 is 0 Å². The Kier molecular flexibility index (Phi) is 2.27. The molecule has 2 heteroatoms. The van der Waals surface area contributed by atoms with E-state index < -0.39 is 0 Å². The largest absolute Gasteiger partial charge is 0.487 e. The third-order valence-corrected chi connectivity index (χ3v) is 4.35. The first-order valence-corrected chi connectivity index (χ1v) is 6.66. The molecule has 1 fully saturated rings. The number of rotatable bonds is 1. The fourth-order valence-corrected chi connectivity index (χ4v) is 3.22. The second kappa shape index (κ2) is 3.49. The molecule has 3 rings (SSSR count). The van der Waals surface area contributed by atoms with Crippen molar-refractivity contribution in [2.75, 3.05) is 0 Å². The smallest absolute Gasteiger partial charge is 0.125 e. The molecule has 0 saturated heterocycles. The predicted octanol–water partition coefficient (Wildman–Crippen LogP) is 3.13. The zero-order valence-corrected chi connectivity index (χ0v) is 10.8. The van der Waals surface area contributed by atoms with Gasteiger partial charge in [-0.15, -0.1) is 0 Å². The number of ether oxygens (including phenoxy) is 1. The summed E-state index contributed by atoms with van der Waals surface area (Å²) >= 11 is 0. The normalized spacial score (nSPS) is 29.4. The van der Waals surface area contributed by atoms with Crippen molar-refractivity contribution >= 4 is 0 Å². The first kappa shape index (κ1) is 11.1. The van der Waals surface area contributed by atoms with E-state index in [1.54, 1.807) is 0 Å². The first-order chi connectivity index (χ1) is 8.05. The molecule has 1 aromatic carbocycles. The number of hydrogen-bond donors (Lipinski definition) is 1. The van der Waals surface area contributed by atoms with Gasteiger partial charge in [-0.2, -0.15) is 0 Å². The minimum atomic E-state index is -0.237. The Bertz CT molecular complexity index is 446.